The van der Waals surface area contributed by atoms with Gasteiger partial charge in [0.25, 0.3) is 5.91 Å². The van der Waals surface area contributed by atoms with E-state index in [4.69, 9.17) is 28.2 Å². The molecule has 184 valence electrons. The van der Waals surface area contributed by atoms with Crippen molar-refractivity contribution in [3.63, 3.8) is 0 Å². The number of carbonyl (C=O) groups is 1. The Hall–Kier alpha value is -2.44. The molecule has 1 aromatic heterocycles. The van der Waals surface area contributed by atoms with Gasteiger partial charge in [-0.25, -0.2) is 4.98 Å². The summed E-state index contributed by atoms with van der Waals surface area (Å²) in [6.07, 6.45) is 0.986. The van der Waals surface area contributed by atoms with Gasteiger partial charge in [-0.2, -0.15) is 0 Å². The smallest absolute Gasteiger partial charge is 0.254 e. The van der Waals surface area contributed by atoms with Crippen molar-refractivity contribution in [1.29, 1.82) is 0 Å². The second-order valence-corrected chi connectivity index (χ2v) is 10.8. The summed E-state index contributed by atoms with van der Waals surface area (Å²) in [7, 11) is 0. The first-order valence-corrected chi connectivity index (χ1v) is 13.6. The fourth-order valence-electron chi connectivity index (χ4n) is 4.61. The quantitative estimate of drug-likeness (QED) is 0.244. The number of halogens is 3. The predicted octanol–water partition coefficient (Wildman–Crippen LogP) is 7.49. The summed E-state index contributed by atoms with van der Waals surface area (Å²) in [5.74, 6) is 0.0427. The van der Waals surface area contributed by atoms with Crippen LogP contribution in [0.1, 0.15) is 28.4 Å². The number of carbonyl (C=O) groups excluding carboxylic acids is 1. The van der Waals surface area contributed by atoms with Gasteiger partial charge < -0.3 is 4.90 Å². The zero-order valence-electron chi connectivity index (χ0n) is 20.0. The van der Waals surface area contributed by atoms with E-state index in [0.717, 1.165) is 58.3 Å². The van der Waals surface area contributed by atoms with Crippen molar-refractivity contribution in [2.45, 2.75) is 19.9 Å². The number of nitrogens with zero attached hydrogens (tertiary/aromatic N) is 3. The third kappa shape index (κ3) is 5.45. The lowest BCUT2D eigenvalue weighted by molar-refractivity contribution is 0.0630. The van der Waals surface area contributed by atoms with Crippen molar-refractivity contribution in [2.75, 3.05) is 26.2 Å². The van der Waals surface area contributed by atoms with E-state index in [1.165, 1.54) is 5.56 Å². The van der Waals surface area contributed by atoms with Gasteiger partial charge in [0.15, 0.2) is 0 Å². The molecule has 1 aliphatic heterocycles. The lowest BCUT2D eigenvalue weighted by Gasteiger charge is -2.35. The number of hydrogen-bond acceptors (Lipinski definition) is 3. The van der Waals surface area contributed by atoms with Gasteiger partial charge in [-0.3, -0.25) is 9.69 Å². The molecule has 0 spiro atoms. The monoisotopic (exact) mass is 581 g/mol. The van der Waals surface area contributed by atoms with Gasteiger partial charge in [-0.05, 0) is 53.9 Å². The molecule has 2 heterocycles. The van der Waals surface area contributed by atoms with Crippen LogP contribution in [0.4, 0.5) is 0 Å². The molecule has 0 saturated carbocycles. The number of fused-ring (bicyclic) bond motifs is 1. The van der Waals surface area contributed by atoms with Crippen LogP contribution >= 0.6 is 39.1 Å². The molecule has 0 bridgehead atoms. The highest BCUT2D eigenvalue weighted by Crippen LogP contribution is 2.29. The van der Waals surface area contributed by atoms with E-state index >= 15 is 0 Å². The van der Waals surface area contributed by atoms with Crippen molar-refractivity contribution >= 4 is 55.9 Å². The Labute approximate surface area is 230 Å². The molecule has 5 rings (SSSR count). The second-order valence-electron chi connectivity index (χ2n) is 9.08. The number of hydrogen-bond donors (Lipinski definition) is 0. The Kier molecular flexibility index (Phi) is 7.63. The summed E-state index contributed by atoms with van der Waals surface area (Å²) < 4.78 is 0.928. The van der Waals surface area contributed by atoms with Crippen LogP contribution in [0.5, 0.6) is 0 Å². The lowest BCUT2D eigenvalue weighted by atomic mass is 10.0. The molecular formula is C29H26BrCl2N3O. The Morgan fingerprint density at radius 2 is 1.61 bits per heavy atom. The first-order chi connectivity index (χ1) is 17.4. The number of benzene rings is 3. The van der Waals surface area contributed by atoms with E-state index in [0.29, 0.717) is 28.7 Å². The van der Waals surface area contributed by atoms with Gasteiger partial charge in [0.05, 0.1) is 26.8 Å². The van der Waals surface area contributed by atoms with Crippen LogP contribution < -0.4 is 0 Å². The summed E-state index contributed by atoms with van der Waals surface area (Å²) in [6.45, 7) is 5.84. The lowest BCUT2D eigenvalue weighted by Crippen LogP contribution is -2.48. The van der Waals surface area contributed by atoms with Gasteiger partial charge in [0.2, 0.25) is 0 Å². The molecule has 1 aliphatic rings. The highest BCUT2D eigenvalue weighted by atomic mass is 79.9. The van der Waals surface area contributed by atoms with E-state index < -0.39 is 0 Å². The Bertz CT molecular complexity index is 1420. The van der Waals surface area contributed by atoms with E-state index in [1.54, 1.807) is 0 Å². The number of aryl methyl sites for hydroxylation is 1. The number of aromatic nitrogens is 1. The molecule has 0 aliphatic carbocycles. The van der Waals surface area contributed by atoms with Crippen LogP contribution in [0.3, 0.4) is 0 Å². The minimum atomic E-state index is 0.0427. The van der Waals surface area contributed by atoms with Crippen molar-refractivity contribution in [3.05, 3.63) is 97.9 Å². The summed E-state index contributed by atoms with van der Waals surface area (Å²) in [5, 5.41) is 1.99. The minimum absolute atomic E-state index is 0.0427. The molecular weight excluding hydrogens is 557 g/mol. The zero-order valence-corrected chi connectivity index (χ0v) is 23.1. The molecule has 4 nitrogen and oxygen atoms in total. The molecule has 0 unspecified atom stereocenters. The molecule has 0 atom stereocenters. The topological polar surface area (TPSA) is 36.4 Å². The van der Waals surface area contributed by atoms with E-state index in [2.05, 4.69) is 52.0 Å². The van der Waals surface area contributed by atoms with Gasteiger partial charge in [0, 0.05) is 48.1 Å². The normalized spacial score (nSPS) is 14.4. The van der Waals surface area contributed by atoms with Crippen molar-refractivity contribution < 1.29 is 4.79 Å². The average molecular weight is 583 g/mol. The summed E-state index contributed by atoms with van der Waals surface area (Å²) in [5.41, 5.74) is 5.73. The van der Waals surface area contributed by atoms with E-state index in [1.807, 2.05) is 47.4 Å². The first kappa shape index (κ1) is 25.2. The maximum atomic E-state index is 13.8. The van der Waals surface area contributed by atoms with Crippen LogP contribution in [0.15, 0.2) is 71.2 Å². The van der Waals surface area contributed by atoms with Crippen LogP contribution in [0.2, 0.25) is 10.0 Å². The van der Waals surface area contributed by atoms with Crippen LogP contribution in [0.25, 0.3) is 22.2 Å². The standard InChI is InChI=1S/C29H26BrCl2N3O/c1-2-19-3-6-21(7-4-19)28-17-24(23-16-22(30)8-10-27(23)33-28)29(36)35-13-11-34(12-14-35)18-20-5-9-25(31)26(32)15-20/h3-10,15-17H,2,11-14,18H2,1H3. The molecule has 1 fully saturated rings. The highest BCUT2D eigenvalue weighted by Gasteiger charge is 2.25. The number of rotatable bonds is 5. The van der Waals surface area contributed by atoms with Gasteiger partial charge in [-0.1, -0.05) is 76.4 Å². The molecule has 0 radical (unpaired) electrons. The Morgan fingerprint density at radius 3 is 2.31 bits per heavy atom. The van der Waals surface area contributed by atoms with Gasteiger partial charge >= 0.3 is 0 Å². The second kappa shape index (κ2) is 10.9. The van der Waals surface area contributed by atoms with Crippen LogP contribution in [0, 0.1) is 0 Å². The molecule has 1 amide bonds. The molecule has 7 heteroatoms. The molecule has 1 saturated heterocycles. The zero-order chi connectivity index (χ0) is 25.2. The third-order valence-corrected chi connectivity index (χ3v) is 7.94. The summed E-state index contributed by atoms with van der Waals surface area (Å²) in [4.78, 5) is 23.0. The number of pyridine rings is 1. The Balaban J connectivity index is 1.38. The van der Waals surface area contributed by atoms with E-state index in [9.17, 15) is 4.79 Å². The van der Waals surface area contributed by atoms with Crippen molar-refractivity contribution in [3.8, 4) is 11.3 Å². The average Bonchev–Trinajstić information content (AvgIpc) is 2.90. The fraction of sp³-hybridized carbons (Fsp3) is 0.241. The molecule has 0 N–H and O–H groups in total. The largest absolute Gasteiger partial charge is 0.336 e. The minimum Gasteiger partial charge on any atom is -0.336 e. The van der Waals surface area contributed by atoms with Crippen LogP contribution in [-0.4, -0.2) is 46.9 Å². The van der Waals surface area contributed by atoms with Crippen molar-refractivity contribution in [2.24, 2.45) is 0 Å². The molecule has 4 aromatic rings. The predicted molar refractivity (Wildman–Crippen MR) is 152 cm³/mol. The fourth-order valence-corrected chi connectivity index (χ4v) is 5.29. The van der Waals surface area contributed by atoms with E-state index in [-0.39, 0.29) is 5.91 Å². The van der Waals surface area contributed by atoms with Gasteiger partial charge in [-0.15, -0.1) is 0 Å². The summed E-state index contributed by atoms with van der Waals surface area (Å²) in [6, 6.07) is 22.0. The molecule has 3 aromatic carbocycles. The maximum Gasteiger partial charge on any atom is 0.254 e. The first-order valence-electron chi connectivity index (χ1n) is 12.1. The molecule has 36 heavy (non-hydrogen) atoms. The number of piperazine rings is 1. The highest BCUT2D eigenvalue weighted by molar-refractivity contribution is 9.10. The SMILES string of the molecule is CCc1ccc(-c2cc(C(=O)N3CCN(Cc4ccc(Cl)c(Cl)c4)CC3)c3cc(Br)ccc3n2)cc1. The van der Waals surface area contributed by atoms with Crippen molar-refractivity contribution in [1.82, 2.24) is 14.8 Å². The maximum absolute atomic E-state index is 13.8. The van der Waals surface area contributed by atoms with Crippen LogP contribution in [-0.2, 0) is 13.0 Å². The van der Waals surface area contributed by atoms with Gasteiger partial charge in [0.1, 0.15) is 0 Å². The Morgan fingerprint density at radius 1 is 0.889 bits per heavy atom. The number of amides is 1. The summed E-state index contributed by atoms with van der Waals surface area (Å²) >= 11 is 15.8. The third-order valence-electron chi connectivity index (χ3n) is 6.71.